The molecular weight excluding hydrogens is 504 g/mol. The molecule has 0 saturated carbocycles. The van der Waals surface area contributed by atoms with Crippen LogP contribution in [0.4, 0.5) is 4.79 Å². The van der Waals surface area contributed by atoms with Gasteiger partial charge in [-0.25, -0.2) is 14.4 Å². The molecule has 3 rings (SSSR count). The molecule has 1 aliphatic heterocycles. The summed E-state index contributed by atoms with van der Waals surface area (Å²) in [6, 6.07) is 13.0. The van der Waals surface area contributed by atoms with Gasteiger partial charge in [0, 0.05) is 24.9 Å². The Kier molecular flexibility index (Phi) is 10.3. The minimum atomic E-state index is -0.876. The first-order chi connectivity index (χ1) is 18.6. The number of carbonyl (C=O) groups is 3. The van der Waals surface area contributed by atoms with E-state index in [1.54, 1.807) is 33.1 Å². The Balaban J connectivity index is 1.79. The SMILES string of the molecule is C=C(C)C(=O)OCC1(COc2ccc(-c3ccc(OC(=O)C(=C)C)cc3)cc2CCCOC)COC(=O)OC1. The van der Waals surface area contributed by atoms with E-state index in [2.05, 4.69) is 13.2 Å². The first-order valence-corrected chi connectivity index (χ1v) is 12.5. The van der Waals surface area contributed by atoms with Crippen molar-refractivity contribution >= 4 is 18.1 Å². The Morgan fingerprint density at radius 1 is 0.923 bits per heavy atom. The highest BCUT2D eigenvalue weighted by Crippen LogP contribution is 2.32. The molecule has 9 heteroatoms. The highest BCUT2D eigenvalue weighted by molar-refractivity contribution is 5.89. The van der Waals surface area contributed by atoms with Crippen LogP contribution in [0, 0.1) is 5.41 Å². The van der Waals surface area contributed by atoms with Crippen LogP contribution in [-0.2, 0) is 35.0 Å². The van der Waals surface area contributed by atoms with Crippen LogP contribution in [0.3, 0.4) is 0 Å². The molecule has 0 amide bonds. The quantitative estimate of drug-likeness (QED) is 0.150. The van der Waals surface area contributed by atoms with Crippen molar-refractivity contribution in [2.24, 2.45) is 5.41 Å². The van der Waals surface area contributed by atoms with Gasteiger partial charge in [0.2, 0.25) is 0 Å². The Hall–Kier alpha value is -4.11. The van der Waals surface area contributed by atoms with Crippen LogP contribution in [0.2, 0.25) is 0 Å². The molecule has 0 spiro atoms. The van der Waals surface area contributed by atoms with Crippen LogP contribution >= 0.6 is 0 Å². The van der Waals surface area contributed by atoms with Gasteiger partial charge in [0.05, 0.1) is 0 Å². The summed E-state index contributed by atoms with van der Waals surface area (Å²) in [5, 5.41) is 0. The summed E-state index contributed by atoms with van der Waals surface area (Å²) in [4.78, 5) is 35.3. The minimum absolute atomic E-state index is 0.0192. The summed E-state index contributed by atoms with van der Waals surface area (Å²) in [5.41, 5.74) is 2.54. The number of ether oxygens (including phenoxy) is 6. The smallest absolute Gasteiger partial charge is 0.492 e. The van der Waals surface area contributed by atoms with Crippen LogP contribution in [0.25, 0.3) is 11.1 Å². The monoisotopic (exact) mass is 538 g/mol. The molecule has 1 aliphatic rings. The third kappa shape index (κ3) is 8.44. The van der Waals surface area contributed by atoms with Gasteiger partial charge in [0.15, 0.2) is 0 Å². The number of aryl methyl sites for hydroxylation is 1. The van der Waals surface area contributed by atoms with Gasteiger partial charge in [-0.05, 0) is 67.6 Å². The second-order valence-electron chi connectivity index (χ2n) is 9.59. The minimum Gasteiger partial charge on any atom is -0.492 e. The van der Waals surface area contributed by atoms with E-state index in [1.807, 2.05) is 30.3 Å². The summed E-state index contributed by atoms with van der Waals surface area (Å²) in [7, 11) is 1.65. The molecule has 1 heterocycles. The van der Waals surface area contributed by atoms with E-state index in [1.165, 1.54) is 0 Å². The summed E-state index contributed by atoms with van der Waals surface area (Å²) < 4.78 is 32.3. The normalized spacial score (nSPS) is 14.0. The van der Waals surface area contributed by atoms with Crippen molar-refractivity contribution in [3.05, 3.63) is 72.3 Å². The fourth-order valence-electron chi connectivity index (χ4n) is 3.70. The van der Waals surface area contributed by atoms with Gasteiger partial charge in [-0.3, -0.25) is 0 Å². The second-order valence-corrected chi connectivity index (χ2v) is 9.59. The molecular formula is C30H34O9. The van der Waals surface area contributed by atoms with Crippen molar-refractivity contribution in [1.82, 2.24) is 0 Å². The summed E-state index contributed by atoms with van der Waals surface area (Å²) in [6.45, 7) is 10.9. The second kappa shape index (κ2) is 13.6. The predicted molar refractivity (Wildman–Crippen MR) is 144 cm³/mol. The molecule has 0 bridgehead atoms. The topological polar surface area (TPSA) is 107 Å². The highest BCUT2D eigenvalue weighted by Gasteiger charge is 2.40. The number of benzene rings is 2. The van der Waals surface area contributed by atoms with E-state index in [4.69, 9.17) is 28.4 Å². The number of carbonyl (C=O) groups excluding carboxylic acids is 3. The van der Waals surface area contributed by atoms with Crippen molar-refractivity contribution < 1.29 is 42.8 Å². The highest BCUT2D eigenvalue weighted by atomic mass is 16.7. The Bertz CT molecular complexity index is 1200. The fraction of sp³-hybridized carbons (Fsp3) is 0.367. The van der Waals surface area contributed by atoms with Gasteiger partial charge in [0.1, 0.15) is 43.3 Å². The Morgan fingerprint density at radius 3 is 2.18 bits per heavy atom. The molecule has 1 fully saturated rings. The zero-order chi connectivity index (χ0) is 28.4. The molecule has 0 aliphatic carbocycles. The van der Waals surface area contributed by atoms with E-state index in [-0.39, 0.29) is 32.0 Å². The molecule has 0 aromatic heterocycles. The third-order valence-corrected chi connectivity index (χ3v) is 5.99. The lowest BCUT2D eigenvalue weighted by Gasteiger charge is -2.35. The van der Waals surface area contributed by atoms with Gasteiger partial charge in [0.25, 0.3) is 0 Å². The first kappa shape index (κ1) is 29.4. The molecule has 2 aromatic carbocycles. The average molecular weight is 539 g/mol. The summed E-state index contributed by atoms with van der Waals surface area (Å²) in [6.07, 6.45) is 0.685. The molecule has 0 radical (unpaired) electrons. The number of methoxy groups -OCH3 is 1. The van der Waals surface area contributed by atoms with Crippen molar-refractivity contribution in [1.29, 1.82) is 0 Å². The lowest BCUT2D eigenvalue weighted by atomic mass is 9.91. The van der Waals surface area contributed by atoms with E-state index >= 15 is 0 Å². The lowest BCUT2D eigenvalue weighted by Crippen LogP contribution is -2.47. The van der Waals surface area contributed by atoms with Gasteiger partial charge in [-0.1, -0.05) is 31.4 Å². The van der Waals surface area contributed by atoms with Gasteiger partial charge in [-0.15, -0.1) is 0 Å². The average Bonchev–Trinajstić information content (AvgIpc) is 2.93. The van der Waals surface area contributed by atoms with Crippen molar-refractivity contribution in [2.75, 3.05) is 40.1 Å². The predicted octanol–water partition coefficient (Wildman–Crippen LogP) is 5.07. The van der Waals surface area contributed by atoms with Crippen LogP contribution in [0.1, 0.15) is 25.8 Å². The maximum Gasteiger partial charge on any atom is 0.508 e. The Labute approximate surface area is 228 Å². The Morgan fingerprint density at radius 2 is 1.56 bits per heavy atom. The number of hydrogen-bond acceptors (Lipinski definition) is 9. The molecule has 1 saturated heterocycles. The van der Waals surface area contributed by atoms with Gasteiger partial charge < -0.3 is 28.4 Å². The summed E-state index contributed by atoms with van der Waals surface area (Å²) in [5.74, 6) is 0.0516. The first-order valence-electron chi connectivity index (χ1n) is 12.5. The van der Waals surface area contributed by atoms with E-state index < -0.39 is 23.5 Å². The van der Waals surface area contributed by atoms with Crippen LogP contribution < -0.4 is 9.47 Å². The number of rotatable bonds is 13. The molecule has 9 nitrogen and oxygen atoms in total. The largest absolute Gasteiger partial charge is 0.508 e. The lowest BCUT2D eigenvalue weighted by molar-refractivity contribution is -0.151. The molecule has 0 unspecified atom stereocenters. The van der Waals surface area contributed by atoms with Crippen molar-refractivity contribution in [2.45, 2.75) is 26.7 Å². The van der Waals surface area contributed by atoms with Gasteiger partial charge >= 0.3 is 18.1 Å². The zero-order valence-corrected chi connectivity index (χ0v) is 22.6. The van der Waals surface area contributed by atoms with Crippen LogP contribution in [0.5, 0.6) is 11.5 Å². The molecule has 39 heavy (non-hydrogen) atoms. The van der Waals surface area contributed by atoms with Crippen LogP contribution in [0.15, 0.2) is 66.8 Å². The third-order valence-electron chi connectivity index (χ3n) is 5.99. The number of esters is 2. The molecule has 0 N–H and O–H groups in total. The van der Waals surface area contributed by atoms with Gasteiger partial charge in [-0.2, -0.15) is 0 Å². The summed E-state index contributed by atoms with van der Waals surface area (Å²) >= 11 is 0. The number of cyclic esters (lactones) is 2. The maximum absolute atomic E-state index is 12.0. The fourth-order valence-corrected chi connectivity index (χ4v) is 3.70. The number of hydrogen-bond donors (Lipinski definition) is 0. The van der Waals surface area contributed by atoms with Crippen molar-refractivity contribution in [3.8, 4) is 22.6 Å². The molecule has 208 valence electrons. The van der Waals surface area contributed by atoms with E-state index in [9.17, 15) is 14.4 Å². The molecule has 0 atom stereocenters. The maximum atomic E-state index is 12.0. The van der Waals surface area contributed by atoms with Crippen LogP contribution in [-0.4, -0.2) is 58.2 Å². The van der Waals surface area contributed by atoms with E-state index in [0.29, 0.717) is 30.1 Å². The standard InChI is InChI=1S/C30H34O9/c1-20(2)27(31)36-17-30(18-37-29(33)38-19-30)16-35-26-13-10-23(15-24(26)7-6-14-34-5)22-8-11-25(12-9-22)39-28(32)21(3)4/h8-13,15H,1,3,6-7,14,16-19H2,2,4-5H3. The van der Waals surface area contributed by atoms with E-state index in [0.717, 1.165) is 23.1 Å². The van der Waals surface area contributed by atoms with Crippen molar-refractivity contribution in [3.63, 3.8) is 0 Å². The zero-order valence-electron chi connectivity index (χ0n) is 22.6. The molecule has 2 aromatic rings.